The van der Waals surface area contributed by atoms with Crippen LogP contribution in [0.15, 0.2) is 57.6 Å². The van der Waals surface area contributed by atoms with Gasteiger partial charge in [-0.15, -0.1) is 21.5 Å². The lowest BCUT2D eigenvalue weighted by Crippen LogP contribution is -2.37. The van der Waals surface area contributed by atoms with Gasteiger partial charge < -0.3 is 9.32 Å². The lowest BCUT2D eigenvalue weighted by atomic mass is 9.65. The number of thioether (sulfide) groups is 1. The van der Waals surface area contributed by atoms with E-state index in [-0.39, 0.29) is 16.7 Å². The van der Waals surface area contributed by atoms with Crippen LogP contribution in [0.3, 0.4) is 0 Å². The van der Waals surface area contributed by atoms with E-state index in [0.717, 1.165) is 36.5 Å². The average Bonchev–Trinajstić information content (AvgIpc) is 3.63. The summed E-state index contributed by atoms with van der Waals surface area (Å²) in [6.07, 6.45) is 4.91. The molecule has 1 aliphatic carbocycles. The normalized spacial score (nSPS) is 22.5. The number of benzene rings is 1. The fraction of sp³-hybridized carbons (Fsp3) is 0.407. The second-order valence-electron chi connectivity index (χ2n) is 11.1. The number of aromatic nitrogens is 4. The van der Waals surface area contributed by atoms with Gasteiger partial charge in [0, 0.05) is 18.0 Å². The fourth-order valence-corrected chi connectivity index (χ4v) is 8.18. The van der Waals surface area contributed by atoms with Gasteiger partial charge in [0.25, 0.3) is 5.91 Å². The number of thiazole rings is 1. The Labute approximate surface area is 229 Å². The predicted molar refractivity (Wildman–Crippen MR) is 146 cm³/mol. The molecule has 2 unspecified atom stereocenters. The molecule has 2 fully saturated rings. The van der Waals surface area contributed by atoms with E-state index in [2.05, 4.69) is 35.9 Å². The van der Waals surface area contributed by atoms with E-state index in [4.69, 9.17) is 21.0 Å². The Kier molecular flexibility index (Phi) is 6.20. The van der Waals surface area contributed by atoms with Gasteiger partial charge in [0.15, 0.2) is 10.9 Å². The largest absolute Gasteiger partial charge is 0.461 e. The van der Waals surface area contributed by atoms with Gasteiger partial charge in [-0.25, -0.2) is 4.98 Å². The Morgan fingerprint density at radius 3 is 2.81 bits per heavy atom. The summed E-state index contributed by atoms with van der Waals surface area (Å²) in [5, 5.41) is 12.8. The Bertz CT molecular complexity index is 1450. The number of halogens is 1. The standard InChI is InChI=1S/C27H28ClN5O2S2/c1-26(2)11-17-12-27(3,15-26)16-32(17)24(34)19-13-36-22(29-19)14-37-25-31-30-23(21-9-6-10-35-21)33(25)20-8-5-4-7-18(20)28/h4-10,13,17H,11-12,14-16H2,1-3H3. The van der Waals surface area contributed by atoms with Gasteiger partial charge in [-0.05, 0) is 54.4 Å². The maximum absolute atomic E-state index is 13.5. The number of furan rings is 1. The van der Waals surface area contributed by atoms with Crippen molar-refractivity contribution in [3.05, 3.63) is 63.8 Å². The van der Waals surface area contributed by atoms with Gasteiger partial charge in [0.2, 0.25) is 5.82 Å². The molecule has 192 valence electrons. The van der Waals surface area contributed by atoms with Gasteiger partial charge in [0.1, 0.15) is 10.7 Å². The maximum atomic E-state index is 13.5. The number of amides is 1. The van der Waals surface area contributed by atoms with Gasteiger partial charge >= 0.3 is 0 Å². The summed E-state index contributed by atoms with van der Waals surface area (Å²) < 4.78 is 7.50. The van der Waals surface area contributed by atoms with Crippen LogP contribution in [0.4, 0.5) is 0 Å². The van der Waals surface area contributed by atoms with Crippen LogP contribution < -0.4 is 0 Å². The zero-order valence-corrected chi connectivity index (χ0v) is 23.4. The molecule has 2 aliphatic rings. The van der Waals surface area contributed by atoms with E-state index in [1.807, 2.05) is 46.3 Å². The highest BCUT2D eigenvalue weighted by Crippen LogP contribution is 2.52. The summed E-state index contributed by atoms with van der Waals surface area (Å²) in [4.78, 5) is 20.3. The second kappa shape index (κ2) is 9.29. The Morgan fingerprint density at radius 1 is 1.19 bits per heavy atom. The van der Waals surface area contributed by atoms with Crippen molar-refractivity contribution in [1.29, 1.82) is 0 Å². The number of fused-ring (bicyclic) bond motifs is 2. The highest BCUT2D eigenvalue weighted by molar-refractivity contribution is 7.98. The van der Waals surface area contributed by atoms with Crippen molar-refractivity contribution in [2.75, 3.05) is 6.54 Å². The first-order valence-electron chi connectivity index (χ1n) is 12.3. The molecular formula is C27H28ClN5O2S2. The van der Waals surface area contributed by atoms with Gasteiger partial charge in [0.05, 0.1) is 22.7 Å². The van der Waals surface area contributed by atoms with Crippen LogP contribution in [-0.4, -0.2) is 43.1 Å². The van der Waals surface area contributed by atoms with Crippen molar-refractivity contribution in [3.8, 4) is 17.3 Å². The van der Waals surface area contributed by atoms with Crippen LogP contribution in [0.5, 0.6) is 0 Å². The van der Waals surface area contributed by atoms with Crippen LogP contribution in [-0.2, 0) is 5.75 Å². The molecule has 37 heavy (non-hydrogen) atoms. The molecule has 1 amide bonds. The molecule has 1 aliphatic heterocycles. The fourth-order valence-electron chi connectivity index (χ4n) is 6.23. The molecule has 4 aromatic rings. The number of rotatable bonds is 6. The molecule has 2 atom stereocenters. The number of carbonyl (C=O) groups excluding carboxylic acids is 1. The number of para-hydroxylation sites is 1. The Balaban J connectivity index is 1.21. The lowest BCUT2D eigenvalue weighted by molar-refractivity contribution is 0.0703. The molecule has 0 N–H and O–H groups in total. The quantitative estimate of drug-likeness (QED) is 0.240. The van der Waals surface area contributed by atoms with E-state index in [9.17, 15) is 4.79 Å². The Hall–Kier alpha value is -2.62. The third kappa shape index (κ3) is 4.73. The van der Waals surface area contributed by atoms with Crippen molar-refractivity contribution in [2.24, 2.45) is 10.8 Å². The van der Waals surface area contributed by atoms with Crippen molar-refractivity contribution >= 4 is 40.6 Å². The molecule has 1 saturated carbocycles. The summed E-state index contributed by atoms with van der Waals surface area (Å²) in [5.41, 5.74) is 1.78. The van der Waals surface area contributed by atoms with Crippen LogP contribution in [0.25, 0.3) is 17.3 Å². The predicted octanol–water partition coefficient (Wildman–Crippen LogP) is 6.97. The van der Waals surface area contributed by atoms with E-state index in [1.54, 1.807) is 6.26 Å². The van der Waals surface area contributed by atoms with E-state index >= 15 is 0 Å². The molecule has 6 rings (SSSR count). The number of carbonyl (C=O) groups is 1. The summed E-state index contributed by atoms with van der Waals surface area (Å²) in [5.74, 6) is 1.80. The molecule has 7 nitrogen and oxygen atoms in total. The van der Waals surface area contributed by atoms with Crippen molar-refractivity contribution in [3.63, 3.8) is 0 Å². The van der Waals surface area contributed by atoms with Crippen molar-refractivity contribution in [1.82, 2.24) is 24.6 Å². The molecule has 0 spiro atoms. The summed E-state index contributed by atoms with van der Waals surface area (Å²) in [6.45, 7) is 7.78. The molecule has 3 aromatic heterocycles. The third-order valence-electron chi connectivity index (χ3n) is 7.24. The van der Waals surface area contributed by atoms with Gasteiger partial charge in [-0.1, -0.05) is 56.3 Å². The van der Waals surface area contributed by atoms with E-state index in [1.165, 1.54) is 23.1 Å². The molecule has 4 heterocycles. The topological polar surface area (TPSA) is 77.0 Å². The highest BCUT2D eigenvalue weighted by Gasteiger charge is 2.51. The zero-order chi connectivity index (χ0) is 25.8. The van der Waals surface area contributed by atoms with Crippen LogP contribution in [0.1, 0.15) is 55.5 Å². The average molecular weight is 554 g/mol. The minimum Gasteiger partial charge on any atom is -0.461 e. The number of hydrogen-bond acceptors (Lipinski definition) is 7. The second-order valence-corrected chi connectivity index (χ2v) is 13.4. The third-order valence-corrected chi connectivity index (χ3v) is 9.53. The number of likely N-dealkylation sites (tertiary alicyclic amines) is 1. The minimum absolute atomic E-state index is 0.0539. The molecule has 0 radical (unpaired) electrons. The van der Waals surface area contributed by atoms with Crippen LogP contribution in [0.2, 0.25) is 5.02 Å². The zero-order valence-electron chi connectivity index (χ0n) is 21.0. The molecular weight excluding hydrogens is 526 g/mol. The summed E-state index contributed by atoms with van der Waals surface area (Å²) in [6, 6.07) is 11.5. The first-order valence-corrected chi connectivity index (χ1v) is 14.6. The van der Waals surface area contributed by atoms with Crippen LogP contribution in [0, 0.1) is 10.8 Å². The monoisotopic (exact) mass is 553 g/mol. The number of nitrogens with zero attached hydrogens (tertiary/aromatic N) is 5. The minimum atomic E-state index is 0.0539. The highest BCUT2D eigenvalue weighted by atomic mass is 35.5. The summed E-state index contributed by atoms with van der Waals surface area (Å²) in [7, 11) is 0. The summed E-state index contributed by atoms with van der Waals surface area (Å²) >= 11 is 9.55. The Morgan fingerprint density at radius 2 is 2.03 bits per heavy atom. The molecule has 10 heteroatoms. The first kappa shape index (κ1) is 24.7. The van der Waals surface area contributed by atoms with Crippen LogP contribution >= 0.6 is 34.7 Å². The first-order chi connectivity index (χ1) is 17.7. The van der Waals surface area contributed by atoms with Gasteiger partial charge in [-0.3, -0.25) is 9.36 Å². The van der Waals surface area contributed by atoms with Crippen molar-refractivity contribution < 1.29 is 9.21 Å². The van der Waals surface area contributed by atoms with E-state index < -0.39 is 0 Å². The SMILES string of the molecule is CC1(C)CC2CC(C)(CN2C(=O)c2csc(CSc3nnc(-c4ccco4)n3-c3ccccc3Cl)n2)C1. The lowest BCUT2D eigenvalue weighted by Gasteiger charge is -2.39. The van der Waals surface area contributed by atoms with Crippen molar-refractivity contribution in [2.45, 2.75) is 57.0 Å². The molecule has 2 bridgehead atoms. The molecule has 1 saturated heterocycles. The molecule has 1 aromatic carbocycles. The number of hydrogen-bond donors (Lipinski definition) is 0. The van der Waals surface area contributed by atoms with E-state index in [0.29, 0.717) is 39.3 Å². The van der Waals surface area contributed by atoms with Gasteiger partial charge in [-0.2, -0.15) is 0 Å². The maximum Gasteiger partial charge on any atom is 0.273 e. The smallest absolute Gasteiger partial charge is 0.273 e.